The standard InChI is InChI=1S/C31H36F2N6O2S/c1-21-15-22(2)28(36-25-7-9-38(10-8-25)29-6-4-3-5-23(29)19-34)16-24(21)20-37-11-13-39(14-12-37)30-17-26(32)27(33)18-31(30)42(35,40)41/h3-6,15-18,25,36H,7-14,20H2,1-2H3,(H2,35,40,41). The zero-order valence-electron chi connectivity index (χ0n) is 23.9. The second-order valence-corrected chi connectivity index (χ2v) is 12.7. The lowest BCUT2D eigenvalue weighted by Crippen LogP contribution is -2.46. The van der Waals surface area contributed by atoms with Crippen molar-refractivity contribution >= 4 is 27.1 Å². The average molecular weight is 595 g/mol. The molecule has 0 atom stereocenters. The maximum absolute atomic E-state index is 14.0. The molecule has 42 heavy (non-hydrogen) atoms. The summed E-state index contributed by atoms with van der Waals surface area (Å²) < 4.78 is 51.9. The monoisotopic (exact) mass is 594 g/mol. The van der Waals surface area contributed by atoms with Gasteiger partial charge in [0.1, 0.15) is 11.0 Å². The van der Waals surface area contributed by atoms with Crippen molar-refractivity contribution in [2.45, 2.75) is 44.2 Å². The summed E-state index contributed by atoms with van der Waals surface area (Å²) in [5, 5.41) is 18.5. The van der Waals surface area contributed by atoms with Crippen LogP contribution >= 0.6 is 0 Å². The average Bonchev–Trinajstić information content (AvgIpc) is 2.97. The van der Waals surface area contributed by atoms with E-state index in [0.717, 1.165) is 49.9 Å². The van der Waals surface area contributed by atoms with E-state index in [9.17, 15) is 22.5 Å². The van der Waals surface area contributed by atoms with E-state index in [4.69, 9.17) is 5.14 Å². The molecule has 2 saturated heterocycles. The summed E-state index contributed by atoms with van der Waals surface area (Å²) in [4.78, 5) is 5.91. The molecule has 2 aliphatic heterocycles. The third kappa shape index (κ3) is 6.51. The van der Waals surface area contributed by atoms with Crippen LogP contribution < -0.4 is 20.3 Å². The Morgan fingerprint density at radius 3 is 2.21 bits per heavy atom. The molecule has 2 fully saturated rings. The number of hydrogen-bond acceptors (Lipinski definition) is 7. The minimum Gasteiger partial charge on any atom is -0.382 e. The summed E-state index contributed by atoms with van der Waals surface area (Å²) in [6.45, 7) is 8.86. The highest BCUT2D eigenvalue weighted by atomic mass is 32.2. The van der Waals surface area contributed by atoms with E-state index < -0.39 is 26.6 Å². The minimum atomic E-state index is -4.22. The van der Waals surface area contributed by atoms with Gasteiger partial charge in [0.05, 0.1) is 16.9 Å². The Labute approximate surface area is 246 Å². The Morgan fingerprint density at radius 2 is 1.55 bits per heavy atom. The van der Waals surface area contributed by atoms with Gasteiger partial charge in [-0.2, -0.15) is 5.26 Å². The van der Waals surface area contributed by atoms with Crippen molar-refractivity contribution < 1.29 is 17.2 Å². The number of aryl methyl sites for hydroxylation is 2. The summed E-state index contributed by atoms with van der Waals surface area (Å²) in [6.07, 6.45) is 1.93. The maximum atomic E-state index is 14.0. The Morgan fingerprint density at radius 1 is 0.905 bits per heavy atom. The molecule has 3 N–H and O–H groups in total. The molecule has 3 aromatic carbocycles. The molecule has 0 radical (unpaired) electrons. The molecule has 0 aliphatic carbocycles. The molecule has 5 rings (SSSR count). The van der Waals surface area contributed by atoms with Crippen LogP contribution in [0, 0.1) is 36.8 Å². The molecule has 0 amide bonds. The van der Waals surface area contributed by atoms with Gasteiger partial charge < -0.3 is 15.1 Å². The molecule has 2 aliphatic rings. The van der Waals surface area contributed by atoms with E-state index in [-0.39, 0.29) is 5.69 Å². The predicted molar refractivity (Wildman–Crippen MR) is 161 cm³/mol. The van der Waals surface area contributed by atoms with E-state index in [2.05, 4.69) is 47.2 Å². The highest BCUT2D eigenvalue weighted by molar-refractivity contribution is 7.89. The van der Waals surface area contributed by atoms with Gasteiger partial charge >= 0.3 is 0 Å². The molecule has 0 spiro atoms. The van der Waals surface area contributed by atoms with Gasteiger partial charge in [0, 0.05) is 63.6 Å². The van der Waals surface area contributed by atoms with Gasteiger partial charge in [-0.15, -0.1) is 0 Å². The van der Waals surface area contributed by atoms with Gasteiger partial charge in [0.2, 0.25) is 10.0 Å². The molecule has 3 aromatic rings. The van der Waals surface area contributed by atoms with E-state index in [1.54, 1.807) is 4.90 Å². The predicted octanol–water partition coefficient (Wildman–Crippen LogP) is 4.50. The van der Waals surface area contributed by atoms with Crippen LogP contribution in [0.2, 0.25) is 0 Å². The van der Waals surface area contributed by atoms with E-state index in [1.807, 2.05) is 24.3 Å². The number of anilines is 3. The van der Waals surface area contributed by atoms with Crippen molar-refractivity contribution in [2.75, 3.05) is 54.4 Å². The smallest absolute Gasteiger partial charge is 0.240 e. The highest BCUT2D eigenvalue weighted by Crippen LogP contribution is 2.30. The number of piperidine rings is 1. The number of hydrogen-bond donors (Lipinski definition) is 2. The van der Waals surface area contributed by atoms with Crippen LogP contribution in [0.4, 0.5) is 25.8 Å². The summed E-state index contributed by atoms with van der Waals surface area (Å²) in [6, 6.07) is 16.4. The Kier molecular flexibility index (Phi) is 8.68. The SMILES string of the molecule is Cc1cc(C)c(NC2CCN(c3ccccc3C#N)CC2)cc1CN1CCN(c2cc(F)c(F)cc2S(N)(=O)=O)CC1. The van der Waals surface area contributed by atoms with E-state index in [1.165, 1.54) is 16.7 Å². The molecule has 0 aromatic heterocycles. The minimum absolute atomic E-state index is 0.0937. The Hall–Kier alpha value is -3.72. The van der Waals surface area contributed by atoms with Crippen LogP contribution in [0.3, 0.4) is 0 Å². The fourth-order valence-corrected chi connectivity index (χ4v) is 6.68. The summed E-state index contributed by atoms with van der Waals surface area (Å²) >= 11 is 0. The number of benzene rings is 3. The molecule has 8 nitrogen and oxygen atoms in total. The number of nitriles is 1. The van der Waals surface area contributed by atoms with Crippen LogP contribution in [0.1, 0.15) is 35.1 Å². The normalized spacial score (nSPS) is 16.9. The summed E-state index contributed by atoms with van der Waals surface area (Å²) in [5.74, 6) is -2.34. The molecule has 0 bridgehead atoms. The van der Waals surface area contributed by atoms with Gasteiger partial charge in [-0.3, -0.25) is 4.90 Å². The van der Waals surface area contributed by atoms with Crippen molar-refractivity contribution in [3.63, 3.8) is 0 Å². The second kappa shape index (κ2) is 12.3. The first-order chi connectivity index (χ1) is 20.0. The lowest BCUT2D eigenvalue weighted by molar-refractivity contribution is 0.249. The number of nitrogens with two attached hydrogens (primary N) is 1. The number of para-hydroxylation sites is 1. The fourth-order valence-electron chi connectivity index (χ4n) is 5.93. The summed E-state index contributed by atoms with van der Waals surface area (Å²) in [7, 11) is -4.22. The van der Waals surface area contributed by atoms with Crippen molar-refractivity contribution in [3.05, 3.63) is 82.4 Å². The maximum Gasteiger partial charge on any atom is 0.240 e. The van der Waals surface area contributed by atoms with Crippen LogP contribution in [0.15, 0.2) is 53.4 Å². The molecule has 0 unspecified atom stereocenters. The number of nitrogens with one attached hydrogen (secondary N) is 1. The Bertz CT molecular complexity index is 1610. The quantitative estimate of drug-likeness (QED) is 0.415. The lowest BCUT2D eigenvalue weighted by atomic mass is 9.99. The molecule has 2 heterocycles. The number of halogens is 2. The highest BCUT2D eigenvalue weighted by Gasteiger charge is 2.26. The first-order valence-electron chi connectivity index (χ1n) is 14.1. The van der Waals surface area contributed by atoms with Gasteiger partial charge in [0.25, 0.3) is 0 Å². The van der Waals surface area contributed by atoms with Crippen LogP contribution in [-0.4, -0.2) is 58.6 Å². The zero-order chi connectivity index (χ0) is 30.0. The van der Waals surface area contributed by atoms with Gasteiger partial charge in [-0.1, -0.05) is 18.2 Å². The molecular weight excluding hydrogens is 558 g/mol. The Balaban J connectivity index is 1.21. The third-order valence-electron chi connectivity index (χ3n) is 8.32. The van der Waals surface area contributed by atoms with Crippen molar-refractivity contribution in [1.29, 1.82) is 5.26 Å². The number of sulfonamides is 1. The second-order valence-electron chi connectivity index (χ2n) is 11.2. The molecular formula is C31H36F2N6O2S. The van der Waals surface area contributed by atoms with Crippen molar-refractivity contribution in [2.24, 2.45) is 5.14 Å². The molecule has 222 valence electrons. The van der Waals surface area contributed by atoms with Gasteiger partial charge in [-0.25, -0.2) is 22.3 Å². The molecule has 0 saturated carbocycles. The van der Waals surface area contributed by atoms with E-state index in [0.29, 0.717) is 43.9 Å². The topological polar surface area (TPSA) is 106 Å². The van der Waals surface area contributed by atoms with Gasteiger partial charge in [-0.05, 0) is 67.6 Å². The number of rotatable bonds is 7. The first-order valence-corrected chi connectivity index (χ1v) is 15.7. The van der Waals surface area contributed by atoms with Crippen LogP contribution in [0.25, 0.3) is 0 Å². The zero-order valence-corrected chi connectivity index (χ0v) is 24.7. The van der Waals surface area contributed by atoms with Crippen LogP contribution in [0.5, 0.6) is 0 Å². The fraction of sp³-hybridized carbons (Fsp3) is 0.387. The van der Waals surface area contributed by atoms with Crippen molar-refractivity contribution in [1.82, 2.24) is 4.90 Å². The number of piperazine rings is 1. The first kappa shape index (κ1) is 29.8. The number of nitrogens with zero attached hydrogens (tertiary/aromatic N) is 4. The number of primary sulfonamides is 1. The summed E-state index contributed by atoms with van der Waals surface area (Å²) in [5.41, 5.74) is 6.50. The largest absolute Gasteiger partial charge is 0.382 e. The van der Waals surface area contributed by atoms with E-state index >= 15 is 0 Å². The molecule has 11 heteroatoms. The van der Waals surface area contributed by atoms with Gasteiger partial charge in [0.15, 0.2) is 11.6 Å². The van der Waals surface area contributed by atoms with Crippen LogP contribution in [-0.2, 0) is 16.6 Å². The third-order valence-corrected chi connectivity index (χ3v) is 9.26. The lowest BCUT2D eigenvalue weighted by Gasteiger charge is -2.37. The van der Waals surface area contributed by atoms with Crippen molar-refractivity contribution in [3.8, 4) is 6.07 Å².